The second kappa shape index (κ2) is 5.98. The van der Waals surface area contributed by atoms with Crippen molar-refractivity contribution >= 4 is 5.91 Å². The van der Waals surface area contributed by atoms with Crippen molar-refractivity contribution < 1.29 is 27.8 Å². The van der Waals surface area contributed by atoms with Crippen molar-refractivity contribution in [3.8, 4) is 0 Å². The summed E-state index contributed by atoms with van der Waals surface area (Å²) < 4.78 is 42.2. The second-order valence-electron chi connectivity index (χ2n) is 4.95. The summed E-state index contributed by atoms with van der Waals surface area (Å²) in [7, 11) is 0. The number of carbonyl (C=O) groups is 1. The lowest BCUT2D eigenvalue weighted by Gasteiger charge is -2.31. The van der Waals surface area contributed by atoms with E-state index in [2.05, 4.69) is 10.3 Å². The molecular formula is C13H15F3N2O3. The lowest BCUT2D eigenvalue weighted by molar-refractivity contribution is -0.137. The summed E-state index contributed by atoms with van der Waals surface area (Å²) in [5, 5.41) is 12.6. The minimum atomic E-state index is -4.49. The number of rotatable bonds is 3. The number of halogens is 3. The van der Waals surface area contributed by atoms with Crippen LogP contribution in [0.3, 0.4) is 0 Å². The highest BCUT2D eigenvalue weighted by Crippen LogP contribution is 2.28. The number of nitrogens with zero attached hydrogens (tertiary/aromatic N) is 1. The molecule has 1 saturated heterocycles. The first-order valence-corrected chi connectivity index (χ1v) is 6.42. The first kappa shape index (κ1) is 15.7. The minimum Gasteiger partial charge on any atom is -0.388 e. The van der Waals surface area contributed by atoms with E-state index in [0.29, 0.717) is 32.3 Å². The molecule has 2 rings (SSSR count). The summed E-state index contributed by atoms with van der Waals surface area (Å²) >= 11 is 0. The second-order valence-corrected chi connectivity index (χ2v) is 4.95. The SMILES string of the molecule is O=C(NCC1(O)CCOCC1)c1ccc(C(F)(F)F)cn1. The van der Waals surface area contributed by atoms with Gasteiger partial charge in [-0.2, -0.15) is 13.2 Å². The van der Waals surface area contributed by atoms with Crippen LogP contribution in [0.15, 0.2) is 18.3 Å². The molecule has 0 saturated carbocycles. The third kappa shape index (κ3) is 4.15. The van der Waals surface area contributed by atoms with Crippen LogP contribution in [0.4, 0.5) is 13.2 Å². The third-order valence-electron chi connectivity index (χ3n) is 3.32. The van der Waals surface area contributed by atoms with Gasteiger partial charge in [-0.1, -0.05) is 0 Å². The summed E-state index contributed by atoms with van der Waals surface area (Å²) in [6, 6.07) is 1.80. The van der Waals surface area contributed by atoms with Gasteiger partial charge >= 0.3 is 6.18 Å². The van der Waals surface area contributed by atoms with Gasteiger partial charge in [0.25, 0.3) is 5.91 Å². The Balaban J connectivity index is 1.94. The number of carbonyl (C=O) groups excluding carboxylic acids is 1. The molecule has 0 aliphatic carbocycles. The Hall–Kier alpha value is -1.67. The molecule has 8 heteroatoms. The van der Waals surface area contributed by atoms with Gasteiger partial charge in [-0.05, 0) is 12.1 Å². The lowest BCUT2D eigenvalue weighted by atomic mass is 9.94. The van der Waals surface area contributed by atoms with Crippen LogP contribution in [0.5, 0.6) is 0 Å². The highest BCUT2D eigenvalue weighted by atomic mass is 19.4. The van der Waals surface area contributed by atoms with Crippen molar-refractivity contribution in [2.75, 3.05) is 19.8 Å². The molecule has 1 fully saturated rings. The van der Waals surface area contributed by atoms with E-state index >= 15 is 0 Å². The smallest absolute Gasteiger partial charge is 0.388 e. The van der Waals surface area contributed by atoms with Crippen molar-refractivity contribution in [3.05, 3.63) is 29.6 Å². The number of aromatic nitrogens is 1. The number of alkyl halides is 3. The number of nitrogens with one attached hydrogen (secondary N) is 1. The fourth-order valence-corrected chi connectivity index (χ4v) is 1.96. The molecule has 0 aromatic carbocycles. The van der Waals surface area contributed by atoms with Crippen LogP contribution < -0.4 is 5.32 Å². The van der Waals surface area contributed by atoms with E-state index in [-0.39, 0.29) is 12.2 Å². The van der Waals surface area contributed by atoms with Gasteiger partial charge in [0.2, 0.25) is 0 Å². The van der Waals surface area contributed by atoms with Crippen molar-refractivity contribution in [3.63, 3.8) is 0 Å². The Kier molecular flexibility index (Phi) is 4.48. The van der Waals surface area contributed by atoms with Crippen LogP contribution in [0.25, 0.3) is 0 Å². The normalized spacial score (nSPS) is 18.3. The van der Waals surface area contributed by atoms with E-state index in [1.165, 1.54) is 0 Å². The quantitative estimate of drug-likeness (QED) is 0.885. The molecule has 0 unspecified atom stereocenters. The van der Waals surface area contributed by atoms with Crippen LogP contribution >= 0.6 is 0 Å². The van der Waals surface area contributed by atoms with Crippen molar-refractivity contribution in [2.45, 2.75) is 24.6 Å². The molecule has 0 spiro atoms. The molecule has 2 N–H and O–H groups in total. The van der Waals surface area contributed by atoms with Gasteiger partial charge in [0.15, 0.2) is 0 Å². The van der Waals surface area contributed by atoms with Crippen LogP contribution in [-0.4, -0.2) is 41.4 Å². The van der Waals surface area contributed by atoms with Gasteiger partial charge in [-0.15, -0.1) is 0 Å². The summed E-state index contributed by atoms with van der Waals surface area (Å²) in [6.07, 6.45) is -3.08. The molecular weight excluding hydrogens is 289 g/mol. The van der Waals surface area contributed by atoms with Gasteiger partial charge in [0.05, 0.1) is 11.2 Å². The topological polar surface area (TPSA) is 71.5 Å². The van der Waals surface area contributed by atoms with Crippen molar-refractivity contribution in [2.24, 2.45) is 0 Å². The standard InChI is InChI=1S/C13H15F3N2O3/c14-13(15,16)9-1-2-10(17-7-9)11(19)18-8-12(20)3-5-21-6-4-12/h1-2,7,20H,3-6,8H2,(H,18,19). The Labute approximate surface area is 119 Å². The lowest BCUT2D eigenvalue weighted by Crippen LogP contribution is -2.46. The van der Waals surface area contributed by atoms with Gasteiger partial charge in [-0.3, -0.25) is 9.78 Å². The first-order valence-electron chi connectivity index (χ1n) is 6.42. The fraction of sp³-hybridized carbons (Fsp3) is 0.538. The van der Waals surface area contributed by atoms with Gasteiger partial charge in [0, 0.05) is 38.8 Å². The summed E-state index contributed by atoms with van der Waals surface area (Å²) in [6.45, 7) is 0.827. The number of ether oxygens (including phenoxy) is 1. The molecule has 0 radical (unpaired) electrons. The number of hydrogen-bond acceptors (Lipinski definition) is 4. The van der Waals surface area contributed by atoms with E-state index in [1.807, 2.05) is 0 Å². The van der Waals surface area contributed by atoms with Crippen LogP contribution in [0.2, 0.25) is 0 Å². The first-order chi connectivity index (χ1) is 9.80. The van der Waals surface area contributed by atoms with Gasteiger partial charge < -0.3 is 15.2 Å². The van der Waals surface area contributed by atoms with Gasteiger partial charge in [0.1, 0.15) is 5.69 Å². The zero-order valence-corrected chi connectivity index (χ0v) is 11.1. The highest BCUT2D eigenvalue weighted by molar-refractivity contribution is 5.92. The number of amides is 1. The van der Waals surface area contributed by atoms with Crippen molar-refractivity contribution in [1.82, 2.24) is 10.3 Å². The zero-order chi connectivity index (χ0) is 15.5. The van der Waals surface area contributed by atoms with Crippen LogP contribution in [-0.2, 0) is 10.9 Å². The van der Waals surface area contributed by atoms with E-state index in [0.717, 1.165) is 12.1 Å². The average molecular weight is 304 g/mol. The molecule has 1 aliphatic rings. The molecule has 116 valence electrons. The Morgan fingerprint density at radius 2 is 2.05 bits per heavy atom. The third-order valence-corrected chi connectivity index (χ3v) is 3.32. The summed E-state index contributed by atoms with van der Waals surface area (Å²) in [5.41, 5.74) is -2.08. The molecule has 1 aliphatic heterocycles. The van der Waals surface area contributed by atoms with E-state index < -0.39 is 23.2 Å². The predicted octanol–water partition coefficient (Wildman–Crippen LogP) is 1.37. The van der Waals surface area contributed by atoms with Crippen LogP contribution in [0.1, 0.15) is 28.9 Å². The number of aliphatic hydroxyl groups is 1. The fourth-order valence-electron chi connectivity index (χ4n) is 1.96. The summed E-state index contributed by atoms with van der Waals surface area (Å²) in [4.78, 5) is 15.3. The maximum atomic E-state index is 12.4. The molecule has 0 atom stereocenters. The molecule has 0 bridgehead atoms. The minimum absolute atomic E-state index is 0.0118. The molecule has 1 amide bonds. The largest absolute Gasteiger partial charge is 0.417 e. The maximum Gasteiger partial charge on any atom is 0.417 e. The zero-order valence-electron chi connectivity index (χ0n) is 11.1. The van der Waals surface area contributed by atoms with E-state index in [4.69, 9.17) is 4.74 Å². The average Bonchev–Trinajstić information content (AvgIpc) is 2.45. The number of hydrogen-bond donors (Lipinski definition) is 2. The highest BCUT2D eigenvalue weighted by Gasteiger charge is 2.32. The molecule has 21 heavy (non-hydrogen) atoms. The van der Waals surface area contributed by atoms with E-state index in [1.54, 1.807) is 0 Å². The van der Waals surface area contributed by atoms with Crippen molar-refractivity contribution in [1.29, 1.82) is 0 Å². The molecule has 1 aromatic heterocycles. The maximum absolute atomic E-state index is 12.4. The Morgan fingerprint density at radius 3 is 2.57 bits per heavy atom. The number of pyridine rings is 1. The monoisotopic (exact) mass is 304 g/mol. The predicted molar refractivity (Wildman–Crippen MR) is 66.6 cm³/mol. The van der Waals surface area contributed by atoms with E-state index in [9.17, 15) is 23.1 Å². The Bertz CT molecular complexity index is 496. The van der Waals surface area contributed by atoms with Crippen LogP contribution in [0, 0.1) is 0 Å². The summed E-state index contributed by atoms with van der Waals surface area (Å²) in [5.74, 6) is -0.622. The molecule has 5 nitrogen and oxygen atoms in total. The Morgan fingerprint density at radius 1 is 1.38 bits per heavy atom. The van der Waals surface area contributed by atoms with Gasteiger partial charge in [-0.25, -0.2) is 0 Å². The molecule has 1 aromatic rings. The molecule has 2 heterocycles.